The maximum absolute atomic E-state index is 12.0. The zero-order valence-corrected chi connectivity index (χ0v) is 12.2. The molecule has 0 spiro atoms. The molecule has 5 nitrogen and oxygen atoms in total. The van der Waals surface area contributed by atoms with Crippen molar-refractivity contribution in [2.75, 3.05) is 24.8 Å². The van der Waals surface area contributed by atoms with Crippen molar-refractivity contribution >= 4 is 27.9 Å². The van der Waals surface area contributed by atoms with E-state index >= 15 is 0 Å². The fourth-order valence-electron chi connectivity index (χ4n) is 1.80. The van der Waals surface area contributed by atoms with Crippen LogP contribution in [0.2, 0.25) is 0 Å². The Hall–Kier alpha value is -1.27. The zero-order chi connectivity index (χ0) is 13.8. The Labute approximate surface area is 117 Å². The van der Waals surface area contributed by atoms with Crippen LogP contribution in [0.4, 0.5) is 10.7 Å². The van der Waals surface area contributed by atoms with E-state index in [-0.39, 0.29) is 11.9 Å². The van der Waals surface area contributed by atoms with Crippen LogP contribution in [0.3, 0.4) is 0 Å². The molecular formula is C13H21N3O2S. The van der Waals surface area contributed by atoms with E-state index in [9.17, 15) is 4.79 Å². The van der Waals surface area contributed by atoms with Gasteiger partial charge in [-0.25, -0.2) is 0 Å². The van der Waals surface area contributed by atoms with Crippen LogP contribution < -0.4 is 16.4 Å². The fraction of sp³-hybridized carbons (Fsp3) is 0.615. The van der Waals surface area contributed by atoms with Crippen molar-refractivity contribution in [3.05, 3.63) is 10.9 Å². The van der Waals surface area contributed by atoms with Gasteiger partial charge < -0.3 is 21.1 Å². The lowest BCUT2D eigenvalue weighted by Gasteiger charge is -2.15. The highest BCUT2D eigenvalue weighted by Gasteiger charge is 2.25. The quantitative estimate of drug-likeness (QED) is 0.716. The van der Waals surface area contributed by atoms with Gasteiger partial charge in [-0.05, 0) is 25.3 Å². The van der Waals surface area contributed by atoms with Crippen LogP contribution in [-0.4, -0.2) is 31.7 Å². The van der Waals surface area contributed by atoms with E-state index in [1.165, 1.54) is 11.3 Å². The van der Waals surface area contributed by atoms with Crippen molar-refractivity contribution in [3.63, 3.8) is 0 Å². The van der Waals surface area contributed by atoms with Crippen LogP contribution in [-0.2, 0) is 4.74 Å². The van der Waals surface area contributed by atoms with Gasteiger partial charge in [0.05, 0.1) is 17.3 Å². The summed E-state index contributed by atoms with van der Waals surface area (Å²) in [6.07, 6.45) is 3.11. The molecule has 1 aromatic heterocycles. The van der Waals surface area contributed by atoms with E-state index in [1.807, 2.05) is 6.07 Å². The van der Waals surface area contributed by atoms with Gasteiger partial charge in [0.15, 0.2) is 0 Å². The van der Waals surface area contributed by atoms with Gasteiger partial charge in [0.1, 0.15) is 4.88 Å². The van der Waals surface area contributed by atoms with E-state index < -0.39 is 0 Å². The lowest BCUT2D eigenvalue weighted by Crippen LogP contribution is -2.25. The summed E-state index contributed by atoms with van der Waals surface area (Å²) in [4.78, 5) is 12.6. The minimum Gasteiger partial charge on any atom is -0.397 e. The topological polar surface area (TPSA) is 76.4 Å². The number of thiophene rings is 1. The number of nitrogens with two attached hydrogens (primary N) is 1. The molecule has 1 fully saturated rings. The number of hydrogen-bond acceptors (Lipinski definition) is 5. The van der Waals surface area contributed by atoms with Gasteiger partial charge in [0.25, 0.3) is 5.91 Å². The molecule has 106 valence electrons. The summed E-state index contributed by atoms with van der Waals surface area (Å²) in [6.45, 7) is 2.73. The van der Waals surface area contributed by atoms with Crippen LogP contribution in [0.25, 0.3) is 0 Å². The number of carbonyl (C=O) groups excluding carboxylic acids is 1. The van der Waals surface area contributed by atoms with Crippen LogP contribution in [0.5, 0.6) is 0 Å². The summed E-state index contributed by atoms with van der Waals surface area (Å²) in [5.74, 6) is -0.0576. The van der Waals surface area contributed by atoms with Gasteiger partial charge in [-0.15, -0.1) is 11.3 Å². The van der Waals surface area contributed by atoms with Gasteiger partial charge in [-0.1, -0.05) is 6.92 Å². The molecule has 0 aromatic carbocycles. The summed E-state index contributed by atoms with van der Waals surface area (Å²) >= 11 is 1.40. The molecule has 1 amide bonds. The summed E-state index contributed by atoms with van der Waals surface area (Å²) < 4.78 is 5.14. The van der Waals surface area contributed by atoms with Gasteiger partial charge >= 0.3 is 0 Å². The highest BCUT2D eigenvalue weighted by molar-refractivity contribution is 7.18. The molecule has 1 aliphatic carbocycles. The maximum Gasteiger partial charge on any atom is 0.263 e. The summed E-state index contributed by atoms with van der Waals surface area (Å²) in [5.41, 5.74) is 6.45. The Kier molecular flexibility index (Phi) is 4.66. The number of methoxy groups -OCH3 is 1. The van der Waals surface area contributed by atoms with Gasteiger partial charge in [0.2, 0.25) is 0 Å². The van der Waals surface area contributed by atoms with E-state index in [1.54, 1.807) is 7.11 Å². The molecule has 1 aromatic rings. The number of nitrogens with one attached hydrogen (secondary N) is 2. The predicted octanol–water partition coefficient (Wildman–Crippen LogP) is 2.06. The summed E-state index contributed by atoms with van der Waals surface area (Å²) in [7, 11) is 1.68. The standard InChI is InChI=1S/C13H21N3O2S/c1-3-8(7-18-2)15-11-6-10(14)12(19-11)13(17)16-9-4-5-9/h6,8-9,15H,3-5,7,14H2,1-2H3,(H,16,17). The summed E-state index contributed by atoms with van der Waals surface area (Å²) in [6, 6.07) is 2.41. The number of ether oxygens (including phenoxy) is 1. The minimum atomic E-state index is -0.0576. The first-order valence-electron chi connectivity index (χ1n) is 6.59. The second kappa shape index (κ2) is 6.25. The molecule has 0 saturated heterocycles. The Bertz CT molecular complexity index is 443. The number of carbonyl (C=O) groups is 1. The second-order valence-electron chi connectivity index (χ2n) is 4.85. The van der Waals surface area contributed by atoms with Crippen molar-refractivity contribution in [1.82, 2.24) is 5.32 Å². The number of amides is 1. The summed E-state index contributed by atoms with van der Waals surface area (Å²) in [5, 5.41) is 7.22. The molecule has 0 bridgehead atoms. The first-order valence-corrected chi connectivity index (χ1v) is 7.41. The van der Waals surface area contributed by atoms with E-state index in [4.69, 9.17) is 10.5 Å². The van der Waals surface area contributed by atoms with Crippen molar-refractivity contribution in [1.29, 1.82) is 0 Å². The number of anilines is 2. The smallest absolute Gasteiger partial charge is 0.263 e. The molecule has 0 aliphatic heterocycles. The first kappa shape index (κ1) is 14.1. The lowest BCUT2D eigenvalue weighted by molar-refractivity contribution is 0.0956. The van der Waals surface area contributed by atoms with Crippen LogP contribution >= 0.6 is 11.3 Å². The highest BCUT2D eigenvalue weighted by atomic mass is 32.1. The first-order chi connectivity index (χ1) is 9.13. The molecule has 19 heavy (non-hydrogen) atoms. The maximum atomic E-state index is 12.0. The van der Waals surface area contributed by atoms with Gasteiger partial charge in [-0.2, -0.15) is 0 Å². The van der Waals surface area contributed by atoms with Crippen molar-refractivity contribution < 1.29 is 9.53 Å². The molecule has 1 heterocycles. The number of rotatable bonds is 7. The SMILES string of the molecule is CCC(COC)Nc1cc(N)c(C(=O)NC2CC2)s1. The Morgan fingerprint density at radius 2 is 2.37 bits per heavy atom. The van der Waals surface area contributed by atoms with Crippen LogP contribution in [0.1, 0.15) is 35.9 Å². The molecule has 2 rings (SSSR count). The van der Waals surface area contributed by atoms with Crippen molar-refractivity contribution in [2.45, 2.75) is 38.3 Å². The average Bonchev–Trinajstić information content (AvgIpc) is 3.11. The molecule has 1 aliphatic rings. The molecule has 4 N–H and O–H groups in total. The van der Waals surface area contributed by atoms with Gasteiger partial charge in [0, 0.05) is 19.2 Å². The number of hydrogen-bond donors (Lipinski definition) is 3. The largest absolute Gasteiger partial charge is 0.397 e. The molecule has 0 radical (unpaired) electrons. The fourth-order valence-corrected chi connectivity index (χ4v) is 2.76. The highest BCUT2D eigenvalue weighted by Crippen LogP contribution is 2.31. The molecule has 1 unspecified atom stereocenters. The Morgan fingerprint density at radius 3 is 2.95 bits per heavy atom. The average molecular weight is 283 g/mol. The van der Waals surface area contributed by atoms with Crippen LogP contribution in [0, 0.1) is 0 Å². The van der Waals surface area contributed by atoms with E-state index in [2.05, 4.69) is 17.6 Å². The third-order valence-electron chi connectivity index (χ3n) is 3.09. The molecular weight excluding hydrogens is 262 g/mol. The van der Waals surface area contributed by atoms with Crippen LogP contribution in [0.15, 0.2) is 6.07 Å². The molecule has 6 heteroatoms. The minimum absolute atomic E-state index is 0.0576. The van der Waals surface area contributed by atoms with E-state index in [0.29, 0.717) is 23.2 Å². The lowest BCUT2D eigenvalue weighted by atomic mass is 10.2. The monoisotopic (exact) mass is 283 g/mol. The van der Waals surface area contributed by atoms with E-state index in [0.717, 1.165) is 24.3 Å². The second-order valence-corrected chi connectivity index (χ2v) is 5.90. The Morgan fingerprint density at radius 1 is 1.63 bits per heavy atom. The molecule has 1 saturated carbocycles. The third-order valence-corrected chi connectivity index (χ3v) is 4.17. The number of nitrogen functional groups attached to an aromatic ring is 1. The van der Waals surface area contributed by atoms with Crippen molar-refractivity contribution in [2.24, 2.45) is 0 Å². The van der Waals surface area contributed by atoms with Crippen molar-refractivity contribution in [3.8, 4) is 0 Å². The molecule has 1 atom stereocenters. The zero-order valence-electron chi connectivity index (χ0n) is 11.4. The van der Waals surface area contributed by atoms with Gasteiger partial charge in [-0.3, -0.25) is 4.79 Å². The Balaban J connectivity index is 2.00. The predicted molar refractivity (Wildman–Crippen MR) is 78.8 cm³/mol. The normalized spacial score (nSPS) is 16.1. The third kappa shape index (κ3) is 3.84.